The molecule has 78 valence electrons. The molecule has 0 saturated carbocycles. The van der Waals surface area contributed by atoms with Gasteiger partial charge in [0.2, 0.25) is 0 Å². The van der Waals surface area contributed by atoms with Crippen LogP contribution in [0.1, 0.15) is 37.3 Å². The fraction of sp³-hybridized carbons (Fsp3) is 0.500. The smallest absolute Gasteiger partial charge is 0.130 e. The number of nitrogens with two attached hydrogens (primary N) is 1. The molecule has 0 saturated heterocycles. The molecule has 1 aromatic carbocycles. The maximum Gasteiger partial charge on any atom is 0.130 e. The van der Waals surface area contributed by atoms with Crippen LogP contribution >= 0.6 is 0 Å². The SMILES string of the molecule is CCCCCc1cccc(CN)c1F. The molecule has 2 heteroatoms. The van der Waals surface area contributed by atoms with Crippen molar-refractivity contribution in [3.63, 3.8) is 0 Å². The zero-order valence-corrected chi connectivity index (χ0v) is 8.72. The number of benzene rings is 1. The molecule has 0 fully saturated rings. The van der Waals surface area contributed by atoms with Crippen LogP contribution in [0.2, 0.25) is 0 Å². The molecule has 0 aliphatic carbocycles. The zero-order chi connectivity index (χ0) is 10.4. The summed E-state index contributed by atoms with van der Waals surface area (Å²) in [4.78, 5) is 0. The molecule has 0 atom stereocenters. The van der Waals surface area contributed by atoms with Gasteiger partial charge in [0.05, 0.1) is 0 Å². The normalized spacial score (nSPS) is 10.5. The zero-order valence-electron chi connectivity index (χ0n) is 8.72. The van der Waals surface area contributed by atoms with Gasteiger partial charge in [0.1, 0.15) is 5.82 Å². The molecule has 0 spiro atoms. The first-order valence-electron chi connectivity index (χ1n) is 5.26. The summed E-state index contributed by atoms with van der Waals surface area (Å²) < 4.78 is 13.6. The Hall–Kier alpha value is -0.890. The van der Waals surface area contributed by atoms with Crippen molar-refractivity contribution in [1.82, 2.24) is 0 Å². The van der Waals surface area contributed by atoms with E-state index in [4.69, 9.17) is 5.73 Å². The Morgan fingerprint density at radius 2 is 1.93 bits per heavy atom. The van der Waals surface area contributed by atoms with Gasteiger partial charge in [0.25, 0.3) is 0 Å². The van der Waals surface area contributed by atoms with E-state index in [0.29, 0.717) is 5.56 Å². The summed E-state index contributed by atoms with van der Waals surface area (Å²) in [6.45, 7) is 2.43. The highest BCUT2D eigenvalue weighted by atomic mass is 19.1. The number of hydrogen-bond donors (Lipinski definition) is 1. The van der Waals surface area contributed by atoms with Crippen molar-refractivity contribution in [3.05, 3.63) is 35.1 Å². The number of unbranched alkanes of at least 4 members (excludes halogenated alkanes) is 2. The van der Waals surface area contributed by atoms with Crippen LogP contribution in [0.3, 0.4) is 0 Å². The first-order chi connectivity index (χ1) is 6.79. The van der Waals surface area contributed by atoms with E-state index in [9.17, 15) is 4.39 Å². The van der Waals surface area contributed by atoms with Crippen LogP contribution in [-0.4, -0.2) is 0 Å². The molecule has 0 radical (unpaired) electrons. The molecular formula is C12H18FN. The van der Waals surface area contributed by atoms with Crippen molar-refractivity contribution in [1.29, 1.82) is 0 Å². The fourth-order valence-electron chi connectivity index (χ4n) is 1.55. The Balaban J connectivity index is 2.66. The van der Waals surface area contributed by atoms with E-state index in [-0.39, 0.29) is 12.4 Å². The Morgan fingerprint density at radius 1 is 1.21 bits per heavy atom. The van der Waals surface area contributed by atoms with Crippen molar-refractivity contribution >= 4 is 0 Å². The summed E-state index contributed by atoms with van der Waals surface area (Å²) in [6.07, 6.45) is 4.21. The maximum absolute atomic E-state index is 13.6. The lowest BCUT2D eigenvalue weighted by Gasteiger charge is -2.06. The third-order valence-corrected chi connectivity index (χ3v) is 2.43. The molecule has 14 heavy (non-hydrogen) atoms. The van der Waals surface area contributed by atoms with Crippen molar-refractivity contribution in [2.45, 2.75) is 39.2 Å². The number of aryl methyl sites for hydroxylation is 1. The molecule has 0 aliphatic heterocycles. The lowest BCUT2D eigenvalue weighted by molar-refractivity contribution is 0.584. The molecule has 0 unspecified atom stereocenters. The molecule has 0 aliphatic rings. The first-order valence-corrected chi connectivity index (χ1v) is 5.26. The van der Waals surface area contributed by atoms with Gasteiger partial charge in [-0.05, 0) is 18.4 Å². The van der Waals surface area contributed by atoms with Gasteiger partial charge in [0, 0.05) is 12.1 Å². The van der Waals surface area contributed by atoms with E-state index in [1.165, 1.54) is 0 Å². The van der Waals surface area contributed by atoms with Crippen LogP contribution < -0.4 is 5.73 Å². The summed E-state index contributed by atoms with van der Waals surface area (Å²) in [7, 11) is 0. The van der Waals surface area contributed by atoms with E-state index < -0.39 is 0 Å². The van der Waals surface area contributed by atoms with Crippen molar-refractivity contribution < 1.29 is 4.39 Å². The second kappa shape index (κ2) is 5.76. The van der Waals surface area contributed by atoms with Gasteiger partial charge in [-0.3, -0.25) is 0 Å². The largest absolute Gasteiger partial charge is 0.326 e. The molecular weight excluding hydrogens is 177 g/mol. The van der Waals surface area contributed by atoms with Gasteiger partial charge in [-0.1, -0.05) is 38.0 Å². The lowest BCUT2D eigenvalue weighted by atomic mass is 10.0. The first kappa shape index (κ1) is 11.2. The molecule has 1 nitrogen and oxygen atoms in total. The van der Waals surface area contributed by atoms with Crippen LogP contribution in [0, 0.1) is 5.82 Å². The van der Waals surface area contributed by atoms with E-state index >= 15 is 0 Å². The van der Waals surface area contributed by atoms with E-state index in [0.717, 1.165) is 31.2 Å². The Morgan fingerprint density at radius 3 is 2.57 bits per heavy atom. The van der Waals surface area contributed by atoms with E-state index in [2.05, 4.69) is 6.92 Å². The van der Waals surface area contributed by atoms with E-state index in [1.807, 2.05) is 12.1 Å². The molecule has 0 aromatic heterocycles. The Labute approximate surface area is 85.1 Å². The summed E-state index contributed by atoms with van der Waals surface area (Å²) in [5, 5.41) is 0. The standard InChI is InChI=1S/C12H18FN/c1-2-3-4-6-10-7-5-8-11(9-14)12(10)13/h5,7-8H,2-4,6,9,14H2,1H3. The van der Waals surface area contributed by atoms with Gasteiger partial charge in [0.15, 0.2) is 0 Å². The highest BCUT2D eigenvalue weighted by Crippen LogP contribution is 2.15. The third-order valence-electron chi connectivity index (χ3n) is 2.43. The fourth-order valence-corrected chi connectivity index (χ4v) is 1.55. The second-order valence-corrected chi connectivity index (χ2v) is 3.55. The topological polar surface area (TPSA) is 26.0 Å². The quantitative estimate of drug-likeness (QED) is 0.718. The Bertz CT molecular complexity index is 284. The molecule has 0 bridgehead atoms. The van der Waals surface area contributed by atoms with Crippen LogP contribution in [0.4, 0.5) is 4.39 Å². The van der Waals surface area contributed by atoms with Crippen LogP contribution in [-0.2, 0) is 13.0 Å². The maximum atomic E-state index is 13.6. The summed E-state index contributed by atoms with van der Waals surface area (Å²) in [5.41, 5.74) is 6.87. The monoisotopic (exact) mass is 195 g/mol. The average Bonchev–Trinajstić information content (AvgIpc) is 2.21. The highest BCUT2D eigenvalue weighted by molar-refractivity contribution is 5.25. The summed E-state index contributed by atoms with van der Waals surface area (Å²) in [6, 6.07) is 5.48. The van der Waals surface area contributed by atoms with Gasteiger partial charge in [-0.2, -0.15) is 0 Å². The minimum Gasteiger partial charge on any atom is -0.326 e. The molecule has 0 heterocycles. The average molecular weight is 195 g/mol. The molecule has 2 N–H and O–H groups in total. The highest BCUT2D eigenvalue weighted by Gasteiger charge is 2.05. The van der Waals surface area contributed by atoms with Crippen molar-refractivity contribution in [2.75, 3.05) is 0 Å². The van der Waals surface area contributed by atoms with Gasteiger partial charge in [-0.15, -0.1) is 0 Å². The predicted octanol–water partition coefficient (Wildman–Crippen LogP) is 3.02. The summed E-state index contributed by atoms with van der Waals surface area (Å²) in [5.74, 6) is -0.105. The second-order valence-electron chi connectivity index (χ2n) is 3.55. The Kier molecular flexibility index (Phi) is 4.60. The van der Waals surface area contributed by atoms with Gasteiger partial charge in [-0.25, -0.2) is 4.39 Å². The van der Waals surface area contributed by atoms with Gasteiger partial charge >= 0.3 is 0 Å². The van der Waals surface area contributed by atoms with Gasteiger partial charge < -0.3 is 5.73 Å². The van der Waals surface area contributed by atoms with Crippen LogP contribution in [0.15, 0.2) is 18.2 Å². The minimum atomic E-state index is -0.105. The lowest BCUT2D eigenvalue weighted by Crippen LogP contribution is -2.02. The van der Waals surface area contributed by atoms with Crippen LogP contribution in [0.25, 0.3) is 0 Å². The molecule has 1 aromatic rings. The van der Waals surface area contributed by atoms with Crippen LogP contribution in [0.5, 0.6) is 0 Å². The summed E-state index contributed by atoms with van der Waals surface area (Å²) >= 11 is 0. The minimum absolute atomic E-state index is 0.105. The third kappa shape index (κ3) is 2.81. The molecule has 1 rings (SSSR count). The van der Waals surface area contributed by atoms with Crippen molar-refractivity contribution in [2.24, 2.45) is 5.73 Å². The predicted molar refractivity (Wildman–Crippen MR) is 57.5 cm³/mol. The number of hydrogen-bond acceptors (Lipinski definition) is 1. The number of halogens is 1. The van der Waals surface area contributed by atoms with Crippen molar-refractivity contribution in [3.8, 4) is 0 Å². The molecule has 0 amide bonds. The van der Waals surface area contributed by atoms with E-state index in [1.54, 1.807) is 6.07 Å². The number of rotatable bonds is 5.